The molecule has 0 spiro atoms. The van der Waals surface area contributed by atoms with E-state index in [1.165, 1.54) is 0 Å². The zero-order valence-corrected chi connectivity index (χ0v) is 11.6. The number of fused-ring (bicyclic) bond motifs is 1. The number of aryl methyl sites for hydroxylation is 1. The first kappa shape index (κ1) is 12.4. The van der Waals surface area contributed by atoms with Crippen molar-refractivity contribution in [3.05, 3.63) is 30.0 Å². The van der Waals surface area contributed by atoms with Gasteiger partial charge < -0.3 is 11.1 Å². The molecule has 3 N–H and O–H groups in total. The third-order valence-corrected chi connectivity index (χ3v) is 4.53. The van der Waals surface area contributed by atoms with Gasteiger partial charge in [0.15, 0.2) is 5.82 Å². The number of nitrogens with one attached hydrogen (secondary N) is 1. The van der Waals surface area contributed by atoms with Crippen LogP contribution in [0.4, 0.5) is 5.82 Å². The monoisotopic (exact) mass is 256 g/mol. The standard InChI is InChI=1S/C15H20N4/c1-9-10-6-4-5-7-11(10)14(19-18-9)17-13-8-12(16)15(13,2)3/h4-7,12-13H,8,16H2,1-3H3,(H,17,19). The quantitative estimate of drug-likeness (QED) is 0.866. The van der Waals surface area contributed by atoms with Gasteiger partial charge in [-0.05, 0) is 13.3 Å². The largest absolute Gasteiger partial charge is 0.365 e. The van der Waals surface area contributed by atoms with E-state index in [0.29, 0.717) is 6.04 Å². The molecule has 0 saturated heterocycles. The first-order chi connectivity index (χ1) is 9.00. The number of aromatic nitrogens is 2. The van der Waals surface area contributed by atoms with Crippen LogP contribution < -0.4 is 11.1 Å². The number of hydrogen-bond acceptors (Lipinski definition) is 4. The number of rotatable bonds is 2. The number of nitrogens with zero attached hydrogens (tertiary/aromatic N) is 2. The molecule has 19 heavy (non-hydrogen) atoms. The SMILES string of the molecule is Cc1nnc(NC2CC(N)C2(C)C)c2ccccc12. The fourth-order valence-electron chi connectivity index (χ4n) is 2.71. The lowest BCUT2D eigenvalue weighted by Gasteiger charge is -2.50. The van der Waals surface area contributed by atoms with Gasteiger partial charge in [-0.15, -0.1) is 5.10 Å². The summed E-state index contributed by atoms with van der Waals surface area (Å²) in [6.45, 7) is 6.38. The molecule has 1 aliphatic rings. The molecule has 1 aromatic heterocycles. The lowest BCUT2D eigenvalue weighted by molar-refractivity contribution is 0.117. The maximum Gasteiger partial charge on any atom is 0.156 e. The van der Waals surface area contributed by atoms with E-state index in [4.69, 9.17) is 5.73 Å². The molecule has 1 fully saturated rings. The molecule has 4 nitrogen and oxygen atoms in total. The fraction of sp³-hybridized carbons (Fsp3) is 0.467. The van der Waals surface area contributed by atoms with Crippen molar-refractivity contribution in [2.45, 2.75) is 39.3 Å². The predicted octanol–water partition coefficient (Wildman–Crippen LogP) is 2.48. The van der Waals surface area contributed by atoms with Crippen molar-refractivity contribution in [3.8, 4) is 0 Å². The highest BCUT2D eigenvalue weighted by Gasteiger charge is 2.46. The molecular formula is C15H20N4. The van der Waals surface area contributed by atoms with E-state index < -0.39 is 0 Å². The summed E-state index contributed by atoms with van der Waals surface area (Å²) in [4.78, 5) is 0. The second-order valence-electron chi connectivity index (χ2n) is 6.04. The average Bonchev–Trinajstić information content (AvgIpc) is 2.41. The maximum absolute atomic E-state index is 6.06. The highest BCUT2D eigenvalue weighted by atomic mass is 15.2. The van der Waals surface area contributed by atoms with Gasteiger partial charge in [-0.3, -0.25) is 0 Å². The Hall–Kier alpha value is -1.68. The van der Waals surface area contributed by atoms with Crippen LogP contribution in [0.3, 0.4) is 0 Å². The summed E-state index contributed by atoms with van der Waals surface area (Å²) >= 11 is 0. The molecule has 2 aromatic rings. The predicted molar refractivity (Wildman–Crippen MR) is 78.1 cm³/mol. The molecule has 1 aliphatic carbocycles. The smallest absolute Gasteiger partial charge is 0.156 e. The molecule has 0 amide bonds. The van der Waals surface area contributed by atoms with Gasteiger partial charge in [-0.2, -0.15) is 5.10 Å². The van der Waals surface area contributed by atoms with Crippen LogP contribution in [0.1, 0.15) is 26.0 Å². The van der Waals surface area contributed by atoms with Crippen molar-refractivity contribution in [1.82, 2.24) is 10.2 Å². The first-order valence-electron chi connectivity index (χ1n) is 6.74. The average molecular weight is 256 g/mol. The molecule has 0 aliphatic heterocycles. The summed E-state index contributed by atoms with van der Waals surface area (Å²) in [5.74, 6) is 0.867. The lowest BCUT2D eigenvalue weighted by Crippen LogP contribution is -2.61. The van der Waals surface area contributed by atoms with Crippen LogP contribution in [-0.2, 0) is 0 Å². The fourth-order valence-corrected chi connectivity index (χ4v) is 2.71. The van der Waals surface area contributed by atoms with Gasteiger partial charge in [-0.25, -0.2) is 0 Å². The van der Waals surface area contributed by atoms with Gasteiger partial charge in [0.25, 0.3) is 0 Å². The zero-order valence-electron chi connectivity index (χ0n) is 11.6. The van der Waals surface area contributed by atoms with Crippen LogP contribution in [0, 0.1) is 12.3 Å². The number of hydrogen-bond donors (Lipinski definition) is 2. The van der Waals surface area contributed by atoms with Crippen molar-refractivity contribution in [3.63, 3.8) is 0 Å². The minimum Gasteiger partial charge on any atom is -0.365 e. The summed E-state index contributed by atoms with van der Waals surface area (Å²) in [5.41, 5.74) is 7.13. The summed E-state index contributed by atoms with van der Waals surface area (Å²) < 4.78 is 0. The van der Waals surface area contributed by atoms with Crippen LogP contribution >= 0.6 is 0 Å². The molecule has 3 rings (SSSR count). The second-order valence-corrected chi connectivity index (χ2v) is 6.04. The number of anilines is 1. The van der Waals surface area contributed by atoms with E-state index in [1.807, 2.05) is 19.1 Å². The number of nitrogens with two attached hydrogens (primary N) is 1. The van der Waals surface area contributed by atoms with E-state index in [0.717, 1.165) is 28.7 Å². The molecule has 1 saturated carbocycles. The van der Waals surface area contributed by atoms with E-state index >= 15 is 0 Å². The van der Waals surface area contributed by atoms with Crippen molar-refractivity contribution in [2.75, 3.05) is 5.32 Å². The van der Waals surface area contributed by atoms with E-state index in [-0.39, 0.29) is 11.5 Å². The molecular weight excluding hydrogens is 236 g/mol. The second kappa shape index (κ2) is 4.17. The van der Waals surface area contributed by atoms with Crippen LogP contribution in [0.15, 0.2) is 24.3 Å². The minimum absolute atomic E-state index is 0.105. The van der Waals surface area contributed by atoms with Crippen molar-refractivity contribution < 1.29 is 0 Å². The Kier molecular flexibility index (Phi) is 2.71. The minimum atomic E-state index is 0.105. The Labute approximate surface area is 113 Å². The summed E-state index contributed by atoms with van der Waals surface area (Å²) in [6.07, 6.45) is 0.983. The molecule has 4 heteroatoms. The van der Waals surface area contributed by atoms with Gasteiger partial charge >= 0.3 is 0 Å². The molecule has 100 valence electrons. The Morgan fingerprint density at radius 3 is 2.53 bits per heavy atom. The van der Waals surface area contributed by atoms with Gasteiger partial charge in [0, 0.05) is 28.3 Å². The summed E-state index contributed by atoms with van der Waals surface area (Å²) in [5, 5.41) is 14.4. The highest BCUT2D eigenvalue weighted by molar-refractivity contribution is 5.93. The molecule has 1 aromatic carbocycles. The molecule has 0 radical (unpaired) electrons. The Balaban J connectivity index is 1.97. The maximum atomic E-state index is 6.06. The lowest BCUT2D eigenvalue weighted by atomic mass is 9.63. The van der Waals surface area contributed by atoms with Crippen LogP contribution in [0.5, 0.6) is 0 Å². The Morgan fingerprint density at radius 2 is 1.89 bits per heavy atom. The van der Waals surface area contributed by atoms with Crippen molar-refractivity contribution in [2.24, 2.45) is 11.1 Å². The number of benzene rings is 1. The van der Waals surface area contributed by atoms with E-state index in [1.54, 1.807) is 0 Å². The van der Waals surface area contributed by atoms with Crippen molar-refractivity contribution >= 4 is 16.6 Å². The first-order valence-corrected chi connectivity index (χ1v) is 6.74. The third-order valence-electron chi connectivity index (χ3n) is 4.53. The van der Waals surface area contributed by atoms with E-state index in [9.17, 15) is 0 Å². The Morgan fingerprint density at radius 1 is 1.21 bits per heavy atom. The van der Waals surface area contributed by atoms with Gasteiger partial charge in [0.05, 0.1) is 5.69 Å². The molecule has 2 atom stereocenters. The van der Waals surface area contributed by atoms with Crippen molar-refractivity contribution in [1.29, 1.82) is 0 Å². The van der Waals surface area contributed by atoms with Gasteiger partial charge in [0.2, 0.25) is 0 Å². The van der Waals surface area contributed by atoms with Gasteiger partial charge in [-0.1, -0.05) is 38.1 Å². The molecule has 2 unspecified atom stereocenters. The highest BCUT2D eigenvalue weighted by Crippen LogP contribution is 2.41. The topological polar surface area (TPSA) is 63.8 Å². The molecule has 0 bridgehead atoms. The van der Waals surface area contributed by atoms with Crippen LogP contribution in [0.25, 0.3) is 10.8 Å². The van der Waals surface area contributed by atoms with Crippen LogP contribution in [0.2, 0.25) is 0 Å². The molecule has 1 heterocycles. The third kappa shape index (κ3) is 1.87. The van der Waals surface area contributed by atoms with Gasteiger partial charge in [0.1, 0.15) is 0 Å². The van der Waals surface area contributed by atoms with E-state index in [2.05, 4.69) is 41.5 Å². The zero-order chi connectivity index (χ0) is 13.6. The Bertz CT molecular complexity index is 621. The summed E-state index contributed by atoms with van der Waals surface area (Å²) in [7, 11) is 0. The summed E-state index contributed by atoms with van der Waals surface area (Å²) in [6, 6.07) is 8.86. The van der Waals surface area contributed by atoms with Crippen LogP contribution in [-0.4, -0.2) is 22.3 Å². The normalized spacial score (nSPS) is 25.1.